The van der Waals surface area contributed by atoms with Gasteiger partial charge in [-0.2, -0.15) is 9.57 Å². The number of nitriles is 1. The van der Waals surface area contributed by atoms with E-state index >= 15 is 0 Å². The zero-order valence-electron chi connectivity index (χ0n) is 14.5. The Labute approximate surface area is 152 Å². The molecule has 0 aliphatic rings. The highest BCUT2D eigenvalue weighted by Crippen LogP contribution is 2.20. The van der Waals surface area contributed by atoms with Crippen LogP contribution in [0.15, 0.2) is 48.5 Å². The Bertz CT molecular complexity index is 918. The average molecular weight is 373 g/mol. The third-order valence-electron chi connectivity index (χ3n) is 3.63. The van der Waals surface area contributed by atoms with E-state index in [1.807, 2.05) is 6.07 Å². The number of carbonyl (C=O) groups excluding carboxylic acids is 1. The predicted octanol–water partition coefficient (Wildman–Crippen LogP) is 1.97. The molecule has 1 amide bonds. The van der Waals surface area contributed by atoms with E-state index < -0.39 is 15.9 Å². The fourth-order valence-corrected chi connectivity index (χ4v) is 3.03. The van der Waals surface area contributed by atoms with E-state index in [-0.39, 0.29) is 13.1 Å². The SMILES string of the molecule is COc1ccccc1CN(CC(=O)Nc1ccc(C#N)cc1)S(C)(=O)=O. The van der Waals surface area contributed by atoms with Crippen molar-refractivity contribution in [2.24, 2.45) is 0 Å². The van der Waals surface area contributed by atoms with E-state index in [2.05, 4.69) is 5.32 Å². The molecule has 0 heterocycles. The molecule has 0 atom stereocenters. The molecule has 0 aliphatic carbocycles. The second kappa shape index (κ2) is 8.47. The number of rotatable bonds is 7. The Hall–Kier alpha value is -2.89. The number of nitrogens with zero attached hydrogens (tertiary/aromatic N) is 2. The first kappa shape index (κ1) is 19.4. The maximum absolute atomic E-state index is 12.3. The molecule has 0 fully saturated rings. The summed E-state index contributed by atoms with van der Waals surface area (Å²) in [6.45, 7) is -0.319. The van der Waals surface area contributed by atoms with Crippen molar-refractivity contribution in [2.75, 3.05) is 25.2 Å². The number of ether oxygens (including phenoxy) is 1. The van der Waals surface area contributed by atoms with Crippen molar-refractivity contribution in [3.05, 3.63) is 59.7 Å². The second-order valence-corrected chi connectivity index (χ2v) is 7.56. The van der Waals surface area contributed by atoms with Crippen LogP contribution in [0.5, 0.6) is 5.75 Å². The van der Waals surface area contributed by atoms with Crippen molar-refractivity contribution in [3.8, 4) is 11.8 Å². The summed E-state index contributed by atoms with van der Waals surface area (Å²) in [4.78, 5) is 12.3. The van der Waals surface area contributed by atoms with E-state index in [9.17, 15) is 13.2 Å². The number of hydrogen-bond acceptors (Lipinski definition) is 5. The van der Waals surface area contributed by atoms with E-state index in [0.29, 0.717) is 22.6 Å². The smallest absolute Gasteiger partial charge is 0.239 e. The van der Waals surface area contributed by atoms with E-state index in [1.165, 1.54) is 7.11 Å². The van der Waals surface area contributed by atoms with Gasteiger partial charge in [0.25, 0.3) is 0 Å². The van der Waals surface area contributed by atoms with Crippen molar-refractivity contribution in [2.45, 2.75) is 6.54 Å². The first-order valence-electron chi connectivity index (χ1n) is 7.70. The lowest BCUT2D eigenvalue weighted by molar-refractivity contribution is -0.116. The fraction of sp³-hybridized carbons (Fsp3) is 0.222. The molecule has 0 unspecified atom stereocenters. The van der Waals surface area contributed by atoms with Gasteiger partial charge in [-0.05, 0) is 30.3 Å². The molecule has 0 aromatic heterocycles. The molecule has 136 valence electrons. The van der Waals surface area contributed by atoms with Crippen LogP contribution in [0.4, 0.5) is 5.69 Å². The lowest BCUT2D eigenvalue weighted by Gasteiger charge is -2.20. The quantitative estimate of drug-likeness (QED) is 0.800. The molecule has 26 heavy (non-hydrogen) atoms. The summed E-state index contributed by atoms with van der Waals surface area (Å²) >= 11 is 0. The van der Waals surface area contributed by atoms with Gasteiger partial charge >= 0.3 is 0 Å². The van der Waals surface area contributed by atoms with Crippen LogP contribution in [0.25, 0.3) is 0 Å². The molecule has 7 nitrogen and oxygen atoms in total. The topological polar surface area (TPSA) is 99.5 Å². The number of amides is 1. The molecule has 0 spiro atoms. The number of carbonyl (C=O) groups is 1. The van der Waals surface area contributed by atoms with Gasteiger partial charge in [0.05, 0.1) is 31.5 Å². The highest BCUT2D eigenvalue weighted by Gasteiger charge is 2.22. The first-order chi connectivity index (χ1) is 12.3. The van der Waals surface area contributed by atoms with Crippen LogP contribution in [0.1, 0.15) is 11.1 Å². The van der Waals surface area contributed by atoms with Crippen molar-refractivity contribution in [1.82, 2.24) is 4.31 Å². The maximum Gasteiger partial charge on any atom is 0.239 e. The second-order valence-electron chi connectivity index (χ2n) is 5.58. The molecule has 1 N–H and O–H groups in total. The van der Waals surface area contributed by atoms with Crippen LogP contribution < -0.4 is 10.1 Å². The van der Waals surface area contributed by atoms with Crippen molar-refractivity contribution in [1.29, 1.82) is 5.26 Å². The average Bonchev–Trinajstić information content (AvgIpc) is 2.61. The number of methoxy groups -OCH3 is 1. The summed E-state index contributed by atoms with van der Waals surface area (Å²) in [6, 6.07) is 15.3. The third kappa shape index (κ3) is 5.31. The third-order valence-corrected chi connectivity index (χ3v) is 4.82. The highest BCUT2D eigenvalue weighted by molar-refractivity contribution is 7.88. The summed E-state index contributed by atoms with van der Waals surface area (Å²) in [6.07, 6.45) is 1.05. The van der Waals surface area contributed by atoms with Crippen molar-refractivity contribution >= 4 is 21.6 Å². The summed E-state index contributed by atoms with van der Waals surface area (Å²) in [7, 11) is -2.11. The molecule has 2 aromatic carbocycles. The lowest BCUT2D eigenvalue weighted by Crippen LogP contribution is -2.37. The monoisotopic (exact) mass is 373 g/mol. The van der Waals surface area contributed by atoms with Gasteiger partial charge in [-0.1, -0.05) is 18.2 Å². The van der Waals surface area contributed by atoms with E-state index in [0.717, 1.165) is 10.6 Å². The van der Waals surface area contributed by atoms with E-state index in [1.54, 1.807) is 48.5 Å². The summed E-state index contributed by atoms with van der Waals surface area (Å²) in [5, 5.41) is 11.4. The molecule has 0 saturated heterocycles. The van der Waals surface area contributed by atoms with Crippen LogP contribution >= 0.6 is 0 Å². The van der Waals surface area contributed by atoms with Crippen LogP contribution in [-0.4, -0.2) is 38.5 Å². The lowest BCUT2D eigenvalue weighted by atomic mass is 10.2. The Morgan fingerprint density at radius 3 is 2.42 bits per heavy atom. The van der Waals surface area contributed by atoms with Crippen molar-refractivity contribution in [3.63, 3.8) is 0 Å². The molecular weight excluding hydrogens is 354 g/mol. The number of sulfonamides is 1. The van der Waals surface area contributed by atoms with E-state index in [4.69, 9.17) is 10.00 Å². The number of hydrogen-bond donors (Lipinski definition) is 1. The molecule has 8 heteroatoms. The number of para-hydroxylation sites is 1. The largest absolute Gasteiger partial charge is 0.496 e. The minimum Gasteiger partial charge on any atom is -0.496 e. The van der Waals surface area contributed by atoms with Gasteiger partial charge < -0.3 is 10.1 Å². The zero-order valence-corrected chi connectivity index (χ0v) is 15.3. The van der Waals surface area contributed by atoms with Gasteiger partial charge in [-0.25, -0.2) is 8.42 Å². The number of benzene rings is 2. The zero-order chi connectivity index (χ0) is 19.2. The van der Waals surface area contributed by atoms with Gasteiger partial charge in [0.1, 0.15) is 5.75 Å². The Morgan fingerprint density at radius 2 is 1.85 bits per heavy atom. The van der Waals surface area contributed by atoms with Gasteiger partial charge in [0.2, 0.25) is 15.9 Å². The number of nitrogens with one attached hydrogen (secondary N) is 1. The summed E-state index contributed by atoms with van der Waals surface area (Å²) < 4.78 is 30.5. The summed E-state index contributed by atoms with van der Waals surface area (Å²) in [5.41, 5.74) is 1.61. The van der Waals surface area contributed by atoms with Crippen LogP contribution in [-0.2, 0) is 21.4 Å². The number of anilines is 1. The molecule has 0 bridgehead atoms. The Morgan fingerprint density at radius 1 is 1.19 bits per heavy atom. The minimum atomic E-state index is -3.61. The van der Waals surface area contributed by atoms with Gasteiger partial charge in [-0.3, -0.25) is 4.79 Å². The standard InChI is InChI=1S/C18H19N3O4S/c1-25-17-6-4-3-5-15(17)12-21(26(2,23)24)13-18(22)20-16-9-7-14(11-19)8-10-16/h3-10H,12-13H2,1-2H3,(H,20,22). The molecule has 2 rings (SSSR count). The predicted molar refractivity (Wildman–Crippen MR) is 98.0 cm³/mol. The molecule has 0 saturated carbocycles. The maximum atomic E-state index is 12.3. The van der Waals surface area contributed by atoms with Crippen LogP contribution in [0.2, 0.25) is 0 Å². The van der Waals surface area contributed by atoms with Gasteiger partial charge in [0.15, 0.2) is 0 Å². The molecule has 2 aromatic rings. The van der Waals surface area contributed by atoms with Crippen molar-refractivity contribution < 1.29 is 17.9 Å². The normalized spacial score (nSPS) is 11.0. The Balaban J connectivity index is 2.12. The first-order valence-corrected chi connectivity index (χ1v) is 9.55. The molecule has 0 radical (unpaired) electrons. The van der Waals surface area contributed by atoms with Crippen LogP contribution in [0, 0.1) is 11.3 Å². The fourth-order valence-electron chi connectivity index (χ4n) is 2.30. The van der Waals surface area contributed by atoms with Crippen LogP contribution in [0.3, 0.4) is 0 Å². The minimum absolute atomic E-state index is 0.0175. The highest BCUT2D eigenvalue weighted by atomic mass is 32.2. The summed E-state index contributed by atoms with van der Waals surface area (Å²) in [5.74, 6) is 0.0729. The van der Waals surface area contributed by atoms with Gasteiger partial charge in [-0.15, -0.1) is 0 Å². The van der Waals surface area contributed by atoms with Gasteiger partial charge in [0, 0.05) is 17.8 Å². The molecule has 0 aliphatic heterocycles. The molecular formula is C18H19N3O4S. The Kier molecular flexibility index (Phi) is 6.33.